The number of esters is 2. The first-order valence-electron chi connectivity index (χ1n) is 39.2. The van der Waals surface area contributed by atoms with E-state index in [1.807, 2.05) is 21.1 Å². The highest BCUT2D eigenvalue weighted by molar-refractivity contribution is 5.71. The predicted molar refractivity (Wildman–Crippen MR) is 374 cm³/mol. The molecule has 2 unspecified atom stereocenters. The molecule has 87 heavy (non-hydrogen) atoms. The molecule has 0 spiro atoms. The number of carboxylic acid groups (broad SMARTS) is 1. The fourth-order valence-corrected chi connectivity index (χ4v) is 12.4. The van der Waals surface area contributed by atoms with Crippen molar-refractivity contribution in [1.29, 1.82) is 0 Å². The van der Waals surface area contributed by atoms with Crippen molar-refractivity contribution in [1.82, 2.24) is 0 Å². The van der Waals surface area contributed by atoms with Crippen LogP contribution in [0, 0.1) is 0 Å². The number of carbonyl (C=O) groups is 3. The Bertz CT molecular complexity index is 1390. The lowest BCUT2D eigenvalue weighted by atomic mass is 10.0. The highest BCUT2D eigenvalue weighted by atomic mass is 16.7. The number of hydrogen-bond acceptors (Lipinski definition) is 7. The van der Waals surface area contributed by atoms with Crippen molar-refractivity contribution >= 4 is 17.9 Å². The number of unbranched alkanes of at least 4 members (excludes halogenated alkanes) is 60. The standard InChI is InChI=1S/C78H153NO8/c1-6-8-10-12-14-16-18-20-22-24-26-28-30-32-34-36-38-40-42-44-46-48-50-52-54-56-58-60-62-64-66-68-75(80)85-72-74(73-86-78(77(82)83)84-71-70-79(3,4)5)87-76(81)69-67-65-63-61-59-57-55-53-51-49-47-45-43-41-39-37-35-33-31-29-27-25-23-21-19-17-15-13-11-9-7-2/h74,78H,6-73H2,1-5H3/p+1. The molecule has 1 N–H and O–H groups in total. The summed E-state index contributed by atoms with van der Waals surface area (Å²) >= 11 is 0. The van der Waals surface area contributed by atoms with E-state index >= 15 is 0 Å². The number of aliphatic carboxylic acids is 1. The van der Waals surface area contributed by atoms with Crippen LogP contribution in [0.4, 0.5) is 0 Å². The van der Waals surface area contributed by atoms with Gasteiger partial charge in [0.05, 0.1) is 34.4 Å². The van der Waals surface area contributed by atoms with Crippen LogP contribution in [0.25, 0.3) is 0 Å². The lowest BCUT2D eigenvalue weighted by Gasteiger charge is -2.25. The quantitative estimate of drug-likeness (QED) is 0.0278. The van der Waals surface area contributed by atoms with Crippen molar-refractivity contribution in [3.63, 3.8) is 0 Å². The van der Waals surface area contributed by atoms with Crippen LogP contribution in [0.2, 0.25) is 0 Å². The molecule has 0 aliphatic carbocycles. The van der Waals surface area contributed by atoms with Gasteiger partial charge in [-0.15, -0.1) is 0 Å². The van der Waals surface area contributed by atoms with E-state index in [0.717, 1.165) is 38.5 Å². The van der Waals surface area contributed by atoms with Gasteiger partial charge in [0.1, 0.15) is 13.2 Å². The van der Waals surface area contributed by atoms with Crippen molar-refractivity contribution < 1.29 is 42.9 Å². The van der Waals surface area contributed by atoms with Crippen molar-refractivity contribution in [2.75, 3.05) is 47.5 Å². The molecule has 0 rings (SSSR count). The maximum absolute atomic E-state index is 13.0. The SMILES string of the molecule is CCCCCCCCCCCCCCCCCCCCCCCCCCCCCCCCCC(=O)OCC(COC(OCC[N+](C)(C)C)C(=O)O)OC(=O)CCCCCCCCCCCCCCCCCCCCCCCCCCCCCCCCC. The number of ether oxygens (including phenoxy) is 4. The molecule has 9 nitrogen and oxygen atoms in total. The number of carbonyl (C=O) groups excluding carboxylic acids is 2. The van der Waals surface area contributed by atoms with E-state index in [1.54, 1.807) is 0 Å². The fourth-order valence-electron chi connectivity index (χ4n) is 12.4. The third-order valence-electron chi connectivity index (χ3n) is 18.4. The van der Waals surface area contributed by atoms with Crippen molar-refractivity contribution in [2.45, 2.75) is 437 Å². The Labute approximate surface area is 543 Å². The van der Waals surface area contributed by atoms with Crippen LogP contribution in [0.5, 0.6) is 0 Å². The van der Waals surface area contributed by atoms with Crippen LogP contribution >= 0.6 is 0 Å². The van der Waals surface area contributed by atoms with E-state index in [0.29, 0.717) is 17.4 Å². The van der Waals surface area contributed by atoms with E-state index in [1.165, 1.54) is 360 Å². The second-order valence-electron chi connectivity index (χ2n) is 28.4. The molecule has 0 fully saturated rings. The van der Waals surface area contributed by atoms with Gasteiger partial charge in [0.25, 0.3) is 6.29 Å². The Morgan fingerprint density at radius 1 is 0.299 bits per heavy atom. The molecule has 9 heteroatoms. The van der Waals surface area contributed by atoms with Crippen LogP contribution in [-0.4, -0.2) is 87.4 Å². The molecule has 0 aliphatic rings. The molecule has 0 bridgehead atoms. The summed E-state index contributed by atoms with van der Waals surface area (Å²) in [6.07, 6.45) is 82.6. The molecule has 0 aromatic heterocycles. The van der Waals surface area contributed by atoms with Gasteiger partial charge in [-0.25, -0.2) is 4.79 Å². The summed E-state index contributed by atoms with van der Waals surface area (Å²) in [7, 11) is 6.00. The Morgan fingerprint density at radius 3 is 0.736 bits per heavy atom. The molecule has 0 amide bonds. The third-order valence-corrected chi connectivity index (χ3v) is 18.4. The molecule has 0 aromatic rings. The van der Waals surface area contributed by atoms with Crippen molar-refractivity contribution in [3.05, 3.63) is 0 Å². The second kappa shape index (κ2) is 70.2. The van der Waals surface area contributed by atoms with Crippen molar-refractivity contribution in [2.24, 2.45) is 0 Å². The smallest absolute Gasteiger partial charge is 0.361 e. The molecular formula is C78H154NO8+. The maximum atomic E-state index is 13.0. The van der Waals surface area contributed by atoms with Gasteiger partial charge in [-0.1, -0.05) is 399 Å². The normalized spacial score (nSPS) is 12.5. The van der Waals surface area contributed by atoms with Crippen molar-refractivity contribution in [3.8, 4) is 0 Å². The van der Waals surface area contributed by atoms with E-state index < -0.39 is 18.4 Å². The number of hydrogen-bond donors (Lipinski definition) is 1. The molecule has 0 radical (unpaired) electrons. The number of quaternary nitrogens is 1. The number of nitrogens with zero attached hydrogens (tertiary/aromatic N) is 1. The van der Waals surface area contributed by atoms with Crippen LogP contribution in [0.1, 0.15) is 425 Å². The molecule has 0 saturated heterocycles. The summed E-state index contributed by atoms with van der Waals surface area (Å²) < 4.78 is 23.1. The molecule has 518 valence electrons. The summed E-state index contributed by atoms with van der Waals surface area (Å²) in [5.41, 5.74) is 0. The average Bonchev–Trinajstić information content (AvgIpc) is 3.51. The average molecular weight is 1230 g/mol. The lowest BCUT2D eigenvalue weighted by molar-refractivity contribution is -0.870. The first kappa shape index (κ1) is 85.3. The first-order chi connectivity index (χ1) is 42.6. The minimum Gasteiger partial charge on any atom is -0.477 e. The predicted octanol–water partition coefficient (Wildman–Crippen LogP) is 24.6. The van der Waals surface area contributed by atoms with Gasteiger partial charge in [-0.3, -0.25) is 9.59 Å². The Hall–Kier alpha value is -1.71. The topological polar surface area (TPSA) is 108 Å². The summed E-state index contributed by atoms with van der Waals surface area (Å²) in [4.78, 5) is 37.7. The zero-order valence-corrected chi connectivity index (χ0v) is 59.5. The number of rotatable bonds is 75. The van der Waals surface area contributed by atoms with Gasteiger partial charge < -0.3 is 28.5 Å². The minimum atomic E-state index is -1.51. The molecule has 0 saturated carbocycles. The van der Waals surface area contributed by atoms with E-state index in [9.17, 15) is 19.5 Å². The zero-order valence-electron chi connectivity index (χ0n) is 59.5. The Kier molecular flexibility index (Phi) is 68.8. The third kappa shape index (κ3) is 71.6. The molecule has 0 aliphatic heterocycles. The maximum Gasteiger partial charge on any atom is 0.361 e. The van der Waals surface area contributed by atoms with Gasteiger partial charge in [-0.05, 0) is 12.8 Å². The van der Waals surface area contributed by atoms with Gasteiger partial charge in [-0.2, -0.15) is 0 Å². The van der Waals surface area contributed by atoms with Gasteiger partial charge >= 0.3 is 17.9 Å². The van der Waals surface area contributed by atoms with Gasteiger partial charge in [0.15, 0.2) is 6.10 Å². The zero-order chi connectivity index (χ0) is 63.3. The molecule has 0 heterocycles. The summed E-state index contributed by atoms with van der Waals surface area (Å²) in [5.74, 6) is -1.96. The first-order valence-corrected chi connectivity index (χ1v) is 39.2. The fraction of sp³-hybridized carbons (Fsp3) is 0.962. The lowest BCUT2D eigenvalue weighted by Crippen LogP contribution is -2.40. The monoisotopic (exact) mass is 1230 g/mol. The summed E-state index contributed by atoms with van der Waals surface area (Å²) in [6, 6.07) is 0. The summed E-state index contributed by atoms with van der Waals surface area (Å²) in [5, 5.41) is 9.77. The van der Waals surface area contributed by atoms with E-state index in [2.05, 4.69) is 13.8 Å². The number of likely N-dealkylation sites (N-methyl/N-ethyl adjacent to an activating group) is 1. The number of carboxylic acids is 1. The van der Waals surface area contributed by atoms with Crippen LogP contribution in [0.3, 0.4) is 0 Å². The molecule has 0 aromatic carbocycles. The minimum absolute atomic E-state index is 0.172. The largest absolute Gasteiger partial charge is 0.477 e. The molecule has 2 atom stereocenters. The van der Waals surface area contributed by atoms with Crippen LogP contribution in [0.15, 0.2) is 0 Å². The highest BCUT2D eigenvalue weighted by Gasteiger charge is 2.25. The van der Waals surface area contributed by atoms with Crippen LogP contribution in [-0.2, 0) is 33.3 Å². The Balaban J connectivity index is 3.97. The van der Waals surface area contributed by atoms with Gasteiger partial charge in [0.2, 0.25) is 0 Å². The van der Waals surface area contributed by atoms with Gasteiger partial charge in [0, 0.05) is 12.8 Å². The highest BCUT2D eigenvalue weighted by Crippen LogP contribution is 2.21. The molecular weight excluding hydrogens is 1080 g/mol. The van der Waals surface area contributed by atoms with Crippen LogP contribution < -0.4 is 0 Å². The van der Waals surface area contributed by atoms with E-state index in [-0.39, 0.29) is 38.2 Å². The Morgan fingerprint density at radius 2 is 0.517 bits per heavy atom. The summed E-state index contributed by atoms with van der Waals surface area (Å²) in [6.45, 7) is 4.99. The second-order valence-corrected chi connectivity index (χ2v) is 28.4. The van der Waals surface area contributed by atoms with E-state index in [4.69, 9.17) is 18.9 Å².